The van der Waals surface area contributed by atoms with Crippen molar-refractivity contribution in [1.29, 1.82) is 0 Å². The Labute approximate surface area is 375 Å². The zero-order chi connectivity index (χ0) is 46.1. The second kappa shape index (κ2) is 19.3. The maximum Gasteiger partial charge on any atom is 0.328 e. The second-order valence-corrected chi connectivity index (χ2v) is 23.1. The van der Waals surface area contributed by atoms with Crippen molar-refractivity contribution in [3.8, 4) is 0 Å². The maximum atomic E-state index is 14.6. The van der Waals surface area contributed by atoms with Gasteiger partial charge in [0.15, 0.2) is 0 Å². The van der Waals surface area contributed by atoms with Gasteiger partial charge in [-0.25, -0.2) is 4.79 Å². The second-order valence-electron chi connectivity index (χ2n) is 23.1. The van der Waals surface area contributed by atoms with E-state index in [9.17, 15) is 29.1 Å². The molecule has 12 atom stereocenters. The van der Waals surface area contributed by atoms with Gasteiger partial charge in [0.2, 0.25) is 11.8 Å². The number of unbranched alkanes of at least 4 members (excludes halogenated alkanes) is 5. The van der Waals surface area contributed by atoms with Crippen LogP contribution in [-0.2, 0) is 33.4 Å². The lowest BCUT2D eigenvalue weighted by molar-refractivity contribution is -0.249. The normalized spacial score (nSPS) is 35.7. The van der Waals surface area contributed by atoms with Gasteiger partial charge in [-0.2, -0.15) is 0 Å². The SMILES string of the molecule is C=C(C)[C@@H]1CC[C@]2(C(=O)NCCCCCCCCC(=O)N[C@H](C(=O)OC)[C@@H](C)CC)CC[C@]3(C)[C@H](CC[C@@H]4[C@@]5(C)CC[C@H](OC(=O)CC(C)(C)C(=O)O)C(C)(C)[C@@H]5CC[C@]43C)[C@@H]12. The minimum Gasteiger partial charge on any atom is -0.481 e. The summed E-state index contributed by atoms with van der Waals surface area (Å²) in [5.41, 5.74) is -0.183. The molecule has 0 bridgehead atoms. The number of carbonyl (C=O) groups excluding carboxylic acids is 4. The third-order valence-electron chi connectivity index (χ3n) is 19.0. The molecular weight excluding hydrogens is 781 g/mol. The molecule has 0 aromatic carbocycles. The predicted octanol–water partition coefficient (Wildman–Crippen LogP) is 10.6. The van der Waals surface area contributed by atoms with Crippen molar-refractivity contribution in [2.45, 2.75) is 203 Å². The third-order valence-corrected chi connectivity index (χ3v) is 19.0. The van der Waals surface area contributed by atoms with Crippen LogP contribution >= 0.6 is 0 Å². The van der Waals surface area contributed by atoms with Gasteiger partial charge in [0.1, 0.15) is 12.1 Å². The molecule has 10 heteroatoms. The number of ether oxygens (including phenoxy) is 2. The van der Waals surface area contributed by atoms with Crippen LogP contribution < -0.4 is 10.6 Å². The highest BCUT2D eigenvalue weighted by atomic mass is 16.5. The number of carbonyl (C=O) groups is 5. The molecule has 0 heterocycles. The molecule has 5 aliphatic carbocycles. The standard InChI is InChI=1S/C52H86N2O8/c1-13-34(4)43(44(57)61-12)54-40(55)20-18-16-14-15-17-19-31-53-45(58)52-28-23-35(33(2)3)42(52)36-21-22-38-49(9)26-25-39(62-41(56)32-47(5,6)46(59)60)48(7,8)37(49)24-27-51(38,11)50(36,10)29-30-52/h34-39,42-43H,2,13-32H2,1,3-12H3,(H,53,58)(H,54,55)(H,59,60)/t34-,35-,36+,37-,38+,39-,42+,43-,49-,50+,51+,52-/m0/s1. The van der Waals surface area contributed by atoms with Gasteiger partial charge < -0.3 is 25.2 Å². The van der Waals surface area contributed by atoms with Crippen LogP contribution in [0.2, 0.25) is 0 Å². The number of hydrogen-bond acceptors (Lipinski definition) is 7. The Bertz CT molecular complexity index is 1670. The summed E-state index contributed by atoms with van der Waals surface area (Å²) in [5.74, 6) is 0.448. The number of carboxylic acid groups (broad SMARTS) is 1. The van der Waals surface area contributed by atoms with Crippen LogP contribution in [-0.4, -0.2) is 60.6 Å². The van der Waals surface area contributed by atoms with E-state index >= 15 is 0 Å². The lowest BCUT2D eigenvalue weighted by Crippen LogP contribution is -2.67. The molecule has 3 N–H and O–H groups in total. The van der Waals surface area contributed by atoms with Crippen molar-refractivity contribution < 1.29 is 38.6 Å². The van der Waals surface area contributed by atoms with E-state index in [1.165, 1.54) is 12.7 Å². The quantitative estimate of drug-likeness (QED) is 0.0660. The summed E-state index contributed by atoms with van der Waals surface area (Å²) < 4.78 is 11.1. The molecule has 352 valence electrons. The molecular formula is C52H86N2O8. The average Bonchev–Trinajstić information content (AvgIpc) is 3.61. The predicted molar refractivity (Wildman–Crippen MR) is 244 cm³/mol. The van der Waals surface area contributed by atoms with Crippen LogP contribution in [0.4, 0.5) is 0 Å². The zero-order valence-corrected chi connectivity index (χ0v) is 40.8. The summed E-state index contributed by atoms with van der Waals surface area (Å²) in [7, 11) is 1.36. The first-order valence-electron chi connectivity index (χ1n) is 24.7. The van der Waals surface area contributed by atoms with Crippen molar-refractivity contribution >= 4 is 29.7 Å². The zero-order valence-electron chi connectivity index (χ0n) is 40.8. The summed E-state index contributed by atoms with van der Waals surface area (Å²) in [6.45, 7) is 26.9. The van der Waals surface area contributed by atoms with E-state index < -0.39 is 23.4 Å². The molecule has 0 aromatic rings. The van der Waals surface area contributed by atoms with Gasteiger partial charge in [0.25, 0.3) is 0 Å². The minimum absolute atomic E-state index is 0.0195. The summed E-state index contributed by atoms with van der Waals surface area (Å²) in [5, 5.41) is 16.0. The van der Waals surface area contributed by atoms with Crippen LogP contribution in [0.15, 0.2) is 12.2 Å². The molecule has 62 heavy (non-hydrogen) atoms. The van der Waals surface area contributed by atoms with Gasteiger partial charge >= 0.3 is 17.9 Å². The summed E-state index contributed by atoms with van der Waals surface area (Å²) >= 11 is 0. The van der Waals surface area contributed by atoms with Crippen LogP contribution in [0.5, 0.6) is 0 Å². The number of fused-ring (bicyclic) bond motifs is 7. The molecule has 5 fully saturated rings. The van der Waals surface area contributed by atoms with Gasteiger partial charge in [-0.1, -0.05) is 92.7 Å². The molecule has 10 nitrogen and oxygen atoms in total. The molecule has 0 unspecified atom stereocenters. The maximum absolute atomic E-state index is 14.6. The first kappa shape index (κ1) is 50.1. The monoisotopic (exact) mass is 867 g/mol. The fraction of sp³-hybridized carbons (Fsp3) is 0.865. The van der Waals surface area contributed by atoms with Crippen LogP contribution in [0.25, 0.3) is 0 Å². The van der Waals surface area contributed by atoms with E-state index in [0.29, 0.717) is 42.6 Å². The number of hydrogen-bond donors (Lipinski definition) is 3. The van der Waals surface area contributed by atoms with E-state index in [2.05, 4.69) is 58.8 Å². The molecule has 0 saturated heterocycles. The van der Waals surface area contributed by atoms with Gasteiger partial charge in [-0.05, 0) is 150 Å². The third kappa shape index (κ3) is 9.28. The van der Waals surface area contributed by atoms with Crippen molar-refractivity contribution in [3.05, 3.63) is 12.2 Å². The Morgan fingerprint density at radius 2 is 1.48 bits per heavy atom. The number of allylic oxidation sites excluding steroid dienone is 1. The molecule has 2 amide bonds. The molecule has 5 aliphatic rings. The largest absolute Gasteiger partial charge is 0.481 e. The van der Waals surface area contributed by atoms with Crippen molar-refractivity contribution in [2.24, 2.45) is 68.0 Å². The van der Waals surface area contributed by atoms with Crippen molar-refractivity contribution in [3.63, 3.8) is 0 Å². The lowest BCUT2D eigenvalue weighted by atomic mass is 9.32. The topological polar surface area (TPSA) is 148 Å². The number of rotatable bonds is 19. The summed E-state index contributed by atoms with van der Waals surface area (Å²) in [6.07, 6.45) is 17.0. The molecule has 0 radical (unpaired) electrons. The molecule has 0 aliphatic heterocycles. The smallest absolute Gasteiger partial charge is 0.328 e. The van der Waals surface area contributed by atoms with E-state index in [1.807, 2.05) is 13.8 Å². The Kier molecular flexibility index (Phi) is 15.6. The Morgan fingerprint density at radius 3 is 2.11 bits per heavy atom. The van der Waals surface area contributed by atoms with E-state index in [0.717, 1.165) is 109 Å². The summed E-state index contributed by atoms with van der Waals surface area (Å²) in [4.78, 5) is 64.2. The highest BCUT2D eigenvalue weighted by Crippen LogP contribution is 2.77. The molecule has 5 rings (SSSR count). The van der Waals surface area contributed by atoms with Crippen molar-refractivity contribution in [2.75, 3.05) is 13.7 Å². The Morgan fingerprint density at radius 1 is 0.823 bits per heavy atom. The Balaban J connectivity index is 1.17. The van der Waals surface area contributed by atoms with Crippen LogP contribution in [0, 0.1) is 68.0 Å². The van der Waals surface area contributed by atoms with E-state index in [1.54, 1.807) is 13.8 Å². The highest BCUT2D eigenvalue weighted by Gasteiger charge is 2.72. The average molecular weight is 867 g/mol. The van der Waals surface area contributed by atoms with Gasteiger partial charge in [0, 0.05) is 18.4 Å². The highest BCUT2D eigenvalue weighted by molar-refractivity contribution is 5.85. The van der Waals surface area contributed by atoms with Gasteiger partial charge in [0.05, 0.1) is 24.4 Å². The van der Waals surface area contributed by atoms with Crippen LogP contribution in [0.1, 0.15) is 191 Å². The number of carboxylic acids is 1. The van der Waals surface area contributed by atoms with Crippen molar-refractivity contribution in [1.82, 2.24) is 10.6 Å². The fourth-order valence-electron chi connectivity index (χ4n) is 14.9. The first-order valence-corrected chi connectivity index (χ1v) is 24.7. The number of aliphatic carboxylic acids is 1. The number of methoxy groups -OCH3 is 1. The first-order chi connectivity index (χ1) is 29.0. The lowest BCUT2D eigenvalue weighted by Gasteiger charge is -2.72. The molecule has 0 aromatic heterocycles. The van der Waals surface area contributed by atoms with E-state index in [4.69, 9.17) is 9.47 Å². The van der Waals surface area contributed by atoms with Crippen LogP contribution in [0.3, 0.4) is 0 Å². The van der Waals surface area contributed by atoms with Gasteiger partial charge in [-0.15, -0.1) is 0 Å². The van der Waals surface area contributed by atoms with Gasteiger partial charge in [-0.3, -0.25) is 19.2 Å². The fourth-order valence-corrected chi connectivity index (χ4v) is 14.9. The molecule has 5 saturated carbocycles. The number of esters is 2. The Hall–Kier alpha value is -2.91. The minimum atomic E-state index is -1.16. The summed E-state index contributed by atoms with van der Waals surface area (Å²) in [6, 6.07) is -0.599. The number of amides is 2. The molecule has 0 spiro atoms. The van der Waals surface area contributed by atoms with E-state index in [-0.39, 0.29) is 63.3 Å². The number of nitrogens with one attached hydrogen (secondary N) is 2.